The van der Waals surface area contributed by atoms with Crippen molar-refractivity contribution in [1.29, 1.82) is 0 Å². The first-order chi connectivity index (χ1) is 7.93. The molecule has 0 bridgehead atoms. The Morgan fingerprint density at radius 1 is 1.41 bits per heavy atom. The van der Waals surface area contributed by atoms with Crippen molar-refractivity contribution in [2.75, 3.05) is 0 Å². The molecule has 0 aliphatic heterocycles. The number of aromatic amines is 1. The number of hydrogen-bond donors (Lipinski definition) is 1. The molecule has 0 aromatic carbocycles. The molecule has 1 heterocycles. The van der Waals surface area contributed by atoms with Crippen molar-refractivity contribution in [2.45, 2.75) is 65.1 Å². The van der Waals surface area contributed by atoms with Gasteiger partial charge in [0.1, 0.15) is 5.82 Å². The Bertz CT molecular complexity index is 330. The lowest BCUT2D eigenvalue weighted by molar-refractivity contribution is 0.0956. The number of H-pyrrole nitrogens is 1. The van der Waals surface area contributed by atoms with Crippen molar-refractivity contribution in [3.63, 3.8) is 0 Å². The van der Waals surface area contributed by atoms with Crippen LogP contribution in [0.1, 0.15) is 38.2 Å². The molecule has 1 aromatic rings. The van der Waals surface area contributed by atoms with E-state index in [0.29, 0.717) is 12.3 Å². The Morgan fingerprint density at radius 2 is 2.12 bits per heavy atom. The van der Waals surface area contributed by atoms with E-state index in [4.69, 9.17) is 4.74 Å². The molecule has 0 spiro atoms. The third kappa shape index (κ3) is 5.04. The number of nitrogens with one attached hydrogen (secondary N) is 1. The number of rotatable bonds is 7. The first kappa shape index (κ1) is 14.4. The standard InChI is InChI=1S/C13H26N2OSi/c1-6-7-8-13-14-9-12(15-13)10-16-11(2)17(3,4)5/h9,11H,6-8,10H2,1-5H3,(H,14,15). The second-order valence-corrected chi connectivity index (χ2v) is 11.3. The Morgan fingerprint density at radius 3 is 2.71 bits per heavy atom. The van der Waals surface area contributed by atoms with Crippen LogP contribution in [0.5, 0.6) is 0 Å². The minimum atomic E-state index is -1.19. The Balaban J connectivity index is 2.39. The minimum Gasteiger partial charge on any atom is -0.376 e. The van der Waals surface area contributed by atoms with E-state index in [9.17, 15) is 0 Å². The summed E-state index contributed by atoms with van der Waals surface area (Å²) in [5.41, 5.74) is 1.40. The predicted molar refractivity (Wildman–Crippen MR) is 74.8 cm³/mol. The number of aryl methyl sites for hydroxylation is 1. The predicted octanol–water partition coefficient (Wildman–Crippen LogP) is 3.53. The fraction of sp³-hybridized carbons (Fsp3) is 0.769. The van der Waals surface area contributed by atoms with Gasteiger partial charge in [0.2, 0.25) is 0 Å². The third-order valence-electron chi connectivity index (χ3n) is 3.15. The average Bonchev–Trinajstić information content (AvgIpc) is 2.69. The van der Waals surface area contributed by atoms with Gasteiger partial charge in [0.05, 0.1) is 20.4 Å². The highest BCUT2D eigenvalue weighted by molar-refractivity contribution is 6.77. The molecule has 0 radical (unpaired) electrons. The number of hydrogen-bond acceptors (Lipinski definition) is 2. The van der Waals surface area contributed by atoms with Crippen LogP contribution in [0.4, 0.5) is 0 Å². The molecular weight excluding hydrogens is 228 g/mol. The smallest absolute Gasteiger partial charge is 0.106 e. The summed E-state index contributed by atoms with van der Waals surface area (Å²) in [6, 6.07) is 0. The van der Waals surface area contributed by atoms with Gasteiger partial charge in [-0.25, -0.2) is 4.98 Å². The lowest BCUT2D eigenvalue weighted by Gasteiger charge is -2.24. The molecule has 17 heavy (non-hydrogen) atoms. The summed E-state index contributed by atoms with van der Waals surface area (Å²) in [6.07, 6.45) is 5.42. The van der Waals surface area contributed by atoms with Crippen molar-refractivity contribution < 1.29 is 4.74 Å². The zero-order valence-corrected chi connectivity index (χ0v) is 12.8. The molecule has 3 nitrogen and oxygen atoms in total. The highest BCUT2D eigenvalue weighted by atomic mass is 28.3. The van der Waals surface area contributed by atoms with E-state index < -0.39 is 8.07 Å². The summed E-state index contributed by atoms with van der Waals surface area (Å²) in [7, 11) is -1.19. The summed E-state index contributed by atoms with van der Waals surface area (Å²) in [4.78, 5) is 7.76. The number of ether oxygens (including phenoxy) is 1. The third-order valence-corrected chi connectivity index (χ3v) is 5.76. The lowest BCUT2D eigenvalue weighted by atomic mass is 10.2. The van der Waals surface area contributed by atoms with Crippen LogP contribution in [-0.4, -0.2) is 23.8 Å². The largest absolute Gasteiger partial charge is 0.376 e. The molecular formula is C13H26N2OSi. The molecule has 0 aliphatic rings. The zero-order valence-electron chi connectivity index (χ0n) is 11.8. The van der Waals surface area contributed by atoms with Crippen LogP contribution < -0.4 is 0 Å². The number of imidazole rings is 1. The molecule has 1 rings (SSSR count). The van der Waals surface area contributed by atoms with Gasteiger partial charge >= 0.3 is 0 Å². The lowest BCUT2D eigenvalue weighted by Crippen LogP contribution is -2.37. The van der Waals surface area contributed by atoms with Crippen molar-refractivity contribution in [2.24, 2.45) is 0 Å². The Labute approximate surface area is 106 Å². The maximum absolute atomic E-state index is 5.89. The van der Waals surface area contributed by atoms with E-state index in [2.05, 4.69) is 43.5 Å². The van der Waals surface area contributed by atoms with Crippen molar-refractivity contribution in [1.82, 2.24) is 9.97 Å². The zero-order chi connectivity index (χ0) is 12.9. The topological polar surface area (TPSA) is 37.9 Å². The minimum absolute atomic E-state index is 0.373. The molecule has 0 saturated carbocycles. The maximum Gasteiger partial charge on any atom is 0.106 e. The van der Waals surface area contributed by atoms with Gasteiger partial charge in [-0.1, -0.05) is 33.0 Å². The molecule has 0 aliphatic carbocycles. The van der Waals surface area contributed by atoms with Gasteiger partial charge in [-0.3, -0.25) is 0 Å². The highest BCUT2D eigenvalue weighted by Crippen LogP contribution is 2.13. The van der Waals surface area contributed by atoms with Gasteiger partial charge in [-0.15, -0.1) is 0 Å². The maximum atomic E-state index is 5.89. The quantitative estimate of drug-likeness (QED) is 0.756. The van der Waals surface area contributed by atoms with Crippen LogP contribution in [0.2, 0.25) is 19.6 Å². The van der Waals surface area contributed by atoms with E-state index in [1.807, 2.05) is 6.20 Å². The number of aromatic nitrogens is 2. The second kappa shape index (κ2) is 6.35. The van der Waals surface area contributed by atoms with E-state index in [1.54, 1.807) is 0 Å². The number of nitrogens with zero attached hydrogens (tertiary/aromatic N) is 1. The van der Waals surface area contributed by atoms with E-state index in [0.717, 1.165) is 17.9 Å². The molecule has 1 atom stereocenters. The van der Waals surface area contributed by atoms with Crippen molar-refractivity contribution in [3.05, 3.63) is 17.7 Å². The van der Waals surface area contributed by atoms with Gasteiger partial charge < -0.3 is 9.72 Å². The molecule has 0 amide bonds. The first-order valence-corrected chi connectivity index (χ1v) is 10.2. The average molecular weight is 254 g/mol. The van der Waals surface area contributed by atoms with Crippen molar-refractivity contribution >= 4 is 8.07 Å². The van der Waals surface area contributed by atoms with Gasteiger partial charge in [-0.2, -0.15) is 0 Å². The monoisotopic (exact) mass is 254 g/mol. The second-order valence-electron chi connectivity index (χ2n) is 5.76. The summed E-state index contributed by atoms with van der Waals surface area (Å²) < 4.78 is 5.89. The normalized spacial score (nSPS) is 13.9. The van der Waals surface area contributed by atoms with Crippen LogP contribution in [0, 0.1) is 0 Å². The fourth-order valence-electron chi connectivity index (χ4n) is 1.41. The Kier molecular flexibility index (Phi) is 5.40. The molecule has 0 fully saturated rings. The van der Waals surface area contributed by atoms with Gasteiger partial charge in [0.25, 0.3) is 0 Å². The summed E-state index contributed by atoms with van der Waals surface area (Å²) in [5, 5.41) is 0. The van der Waals surface area contributed by atoms with Gasteiger partial charge in [0, 0.05) is 18.3 Å². The van der Waals surface area contributed by atoms with E-state index in [-0.39, 0.29) is 0 Å². The Hall–Kier alpha value is -0.613. The highest BCUT2D eigenvalue weighted by Gasteiger charge is 2.23. The summed E-state index contributed by atoms with van der Waals surface area (Å²) in [5.74, 6) is 1.09. The van der Waals surface area contributed by atoms with Crippen LogP contribution in [0.3, 0.4) is 0 Å². The SMILES string of the molecule is CCCCc1nc(COC(C)[Si](C)(C)C)c[nH]1. The van der Waals surface area contributed by atoms with E-state index >= 15 is 0 Å². The van der Waals surface area contributed by atoms with Crippen LogP contribution >= 0.6 is 0 Å². The van der Waals surface area contributed by atoms with Crippen LogP contribution in [0.15, 0.2) is 6.20 Å². The summed E-state index contributed by atoms with van der Waals surface area (Å²) >= 11 is 0. The van der Waals surface area contributed by atoms with Gasteiger partial charge in [0.15, 0.2) is 0 Å². The van der Waals surface area contributed by atoms with Gasteiger partial charge in [-0.05, 0) is 13.3 Å². The fourth-order valence-corrected chi connectivity index (χ4v) is 1.99. The first-order valence-electron chi connectivity index (χ1n) is 6.58. The van der Waals surface area contributed by atoms with E-state index in [1.165, 1.54) is 12.8 Å². The molecule has 98 valence electrons. The number of unbranched alkanes of at least 4 members (excludes halogenated alkanes) is 1. The summed E-state index contributed by atoms with van der Waals surface area (Å²) in [6.45, 7) is 12.0. The molecule has 1 unspecified atom stereocenters. The van der Waals surface area contributed by atoms with Crippen LogP contribution in [-0.2, 0) is 17.8 Å². The molecule has 1 N–H and O–H groups in total. The molecule has 4 heteroatoms. The van der Waals surface area contributed by atoms with Crippen LogP contribution in [0.25, 0.3) is 0 Å². The van der Waals surface area contributed by atoms with Crippen molar-refractivity contribution in [3.8, 4) is 0 Å². The molecule has 1 aromatic heterocycles. The molecule has 0 saturated heterocycles.